The first kappa shape index (κ1) is 19.1. The molecule has 7 heteroatoms. The molecular formula is C21H22BrN3O3. The van der Waals surface area contributed by atoms with Crippen molar-refractivity contribution in [2.45, 2.75) is 24.8 Å². The normalized spacial score (nSPS) is 18.7. The molecule has 1 amide bonds. The Hall–Kier alpha value is -2.25. The summed E-state index contributed by atoms with van der Waals surface area (Å²) < 4.78 is 1.02. The molecule has 1 aliphatic heterocycles. The van der Waals surface area contributed by atoms with Crippen molar-refractivity contribution in [3.63, 3.8) is 0 Å². The van der Waals surface area contributed by atoms with E-state index in [9.17, 15) is 14.9 Å². The zero-order chi connectivity index (χ0) is 19.7. The monoisotopic (exact) mass is 443 g/mol. The summed E-state index contributed by atoms with van der Waals surface area (Å²) in [5, 5.41) is 10.9. The highest BCUT2D eigenvalue weighted by Gasteiger charge is 2.53. The molecule has 0 bridgehead atoms. The number of nitro benzene ring substituents is 1. The molecule has 2 aromatic carbocycles. The SMILES string of the molecule is O=C(N1CCN(Cc2cccc([N+](=O)[O-])c2)CC1)C1(c2ccc(Br)cc2)CC1. The summed E-state index contributed by atoms with van der Waals surface area (Å²) in [6.07, 6.45) is 1.84. The molecule has 0 unspecified atom stereocenters. The van der Waals surface area contributed by atoms with Gasteiger partial charge in [-0.05, 0) is 36.1 Å². The summed E-state index contributed by atoms with van der Waals surface area (Å²) >= 11 is 3.45. The molecule has 0 radical (unpaired) electrons. The van der Waals surface area contributed by atoms with E-state index < -0.39 is 0 Å². The number of non-ortho nitro benzene ring substituents is 1. The highest BCUT2D eigenvalue weighted by atomic mass is 79.9. The van der Waals surface area contributed by atoms with Gasteiger partial charge < -0.3 is 4.90 Å². The predicted octanol–water partition coefficient (Wildman–Crippen LogP) is 3.73. The second kappa shape index (κ2) is 7.64. The second-order valence-electron chi connectivity index (χ2n) is 7.58. The van der Waals surface area contributed by atoms with Gasteiger partial charge in [-0.1, -0.05) is 40.2 Å². The first-order valence-electron chi connectivity index (χ1n) is 9.49. The summed E-state index contributed by atoms with van der Waals surface area (Å²) in [6, 6.07) is 14.9. The van der Waals surface area contributed by atoms with Crippen molar-refractivity contribution in [1.29, 1.82) is 0 Å². The number of halogens is 1. The number of benzene rings is 2. The van der Waals surface area contributed by atoms with Crippen molar-refractivity contribution in [2.24, 2.45) is 0 Å². The van der Waals surface area contributed by atoms with Gasteiger partial charge in [0.2, 0.25) is 5.91 Å². The number of nitrogens with zero attached hydrogens (tertiary/aromatic N) is 3. The lowest BCUT2D eigenvalue weighted by atomic mass is 9.94. The van der Waals surface area contributed by atoms with Gasteiger partial charge in [0.05, 0.1) is 10.3 Å². The Bertz CT molecular complexity index is 888. The van der Waals surface area contributed by atoms with Gasteiger partial charge in [-0.2, -0.15) is 0 Å². The lowest BCUT2D eigenvalue weighted by molar-refractivity contribution is -0.384. The van der Waals surface area contributed by atoms with Gasteiger partial charge in [-0.15, -0.1) is 0 Å². The van der Waals surface area contributed by atoms with Crippen molar-refractivity contribution in [3.8, 4) is 0 Å². The minimum Gasteiger partial charge on any atom is -0.339 e. The molecule has 1 heterocycles. The van der Waals surface area contributed by atoms with E-state index in [1.807, 2.05) is 35.2 Å². The van der Waals surface area contributed by atoms with E-state index in [2.05, 4.69) is 20.8 Å². The minimum atomic E-state index is -0.364. The van der Waals surface area contributed by atoms with Crippen LogP contribution in [-0.2, 0) is 16.8 Å². The summed E-state index contributed by atoms with van der Waals surface area (Å²) in [5.41, 5.74) is 1.84. The molecule has 2 fully saturated rings. The molecule has 0 atom stereocenters. The maximum absolute atomic E-state index is 13.2. The standard InChI is InChI=1S/C21H22BrN3O3/c22-18-6-4-17(5-7-18)21(8-9-21)20(26)24-12-10-23(11-13-24)15-16-2-1-3-19(14-16)25(27)28/h1-7,14H,8-13,15H2. The lowest BCUT2D eigenvalue weighted by Gasteiger charge is -2.36. The van der Waals surface area contributed by atoms with Crippen LogP contribution in [0.1, 0.15) is 24.0 Å². The van der Waals surface area contributed by atoms with Crippen LogP contribution in [-0.4, -0.2) is 46.8 Å². The van der Waals surface area contributed by atoms with E-state index in [0.29, 0.717) is 19.6 Å². The van der Waals surface area contributed by atoms with Gasteiger partial charge in [0, 0.05) is 49.3 Å². The molecule has 4 rings (SSSR count). The number of hydrogen-bond acceptors (Lipinski definition) is 4. The van der Waals surface area contributed by atoms with Crippen molar-refractivity contribution in [3.05, 3.63) is 74.2 Å². The molecule has 28 heavy (non-hydrogen) atoms. The predicted molar refractivity (Wildman–Crippen MR) is 110 cm³/mol. The van der Waals surface area contributed by atoms with Crippen LogP contribution in [0.25, 0.3) is 0 Å². The molecule has 2 aromatic rings. The lowest BCUT2D eigenvalue weighted by Crippen LogP contribution is -2.51. The van der Waals surface area contributed by atoms with Gasteiger partial charge in [0.25, 0.3) is 5.69 Å². The van der Waals surface area contributed by atoms with Gasteiger partial charge >= 0.3 is 0 Å². The molecule has 0 spiro atoms. The van der Waals surface area contributed by atoms with Crippen LogP contribution in [0.3, 0.4) is 0 Å². The van der Waals surface area contributed by atoms with Gasteiger partial charge in [0.15, 0.2) is 0 Å². The first-order chi connectivity index (χ1) is 13.5. The highest BCUT2D eigenvalue weighted by Crippen LogP contribution is 2.49. The molecule has 0 N–H and O–H groups in total. The summed E-state index contributed by atoms with van der Waals surface area (Å²) in [7, 11) is 0. The Labute approximate surface area is 172 Å². The fourth-order valence-corrected chi connectivity index (χ4v) is 4.22. The van der Waals surface area contributed by atoms with Crippen molar-refractivity contribution >= 4 is 27.5 Å². The molecule has 1 saturated carbocycles. The smallest absolute Gasteiger partial charge is 0.269 e. The molecule has 6 nitrogen and oxygen atoms in total. The Kier molecular flexibility index (Phi) is 5.21. The average Bonchev–Trinajstić information content (AvgIpc) is 3.51. The third kappa shape index (κ3) is 3.82. The number of amides is 1. The molecule has 2 aliphatic rings. The van der Waals surface area contributed by atoms with Crippen LogP contribution < -0.4 is 0 Å². The number of hydrogen-bond donors (Lipinski definition) is 0. The fraction of sp³-hybridized carbons (Fsp3) is 0.381. The van der Waals surface area contributed by atoms with Crippen LogP contribution in [0.2, 0.25) is 0 Å². The fourth-order valence-electron chi connectivity index (χ4n) is 3.96. The van der Waals surface area contributed by atoms with E-state index in [-0.39, 0.29) is 21.9 Å². The molecule has 0 aromatic heterocycles. The zero-order valence-electron chi connectivity index (χ0n) is 15.5. The van der Waals surface area contributed by atoms with Crippen LogP contribution in [0.4, 0.5) is 5.69 Å². The van der Waals surface area contributed by atoms with Crippen molar-refractivity contribution in [1.82, 2.24) is 9.80 Å². The molecule has 1 saturated heterocycles. The summed E-state index contributed by atoms with van der Waals surface area (Å²) in [4.78, 5) is 28.0. The Balaban J connectivity index is 1.36. The highest BCUT2D eigenvalue weighted by molar-refractivity contribution is 9.10. The Morgan fingerprint density at radius 3 is 2.36 bits per heavy atom. The summed E-state index contributed by atoms with van der Waals surface area (Å²) in [6.45, 7) is 3.63. The third-order valence-corrected chi connectivity index (χ3v) is 6.27. The topological polar surface area (TPSA) is 66.7 Å². The Morgan fingerprint density at radius 1 is 1.07 bits per heavy atom. The third-order valence-electron chi connectivity index (χ3n) is 5.74. The van der Waals surface area contributed by atoms with Gasteiger partial charge in [-0.25, -0.2) is 0 Å². The maximum atomic E-state index is 13.2. The van der Waals surface area contributed by atoms with E-state index in [0.717, 1.165) is 41.5 Å². The Morgan fingerprint density at radius 2 is 1.75 bits per heavy atom. The first-order valence-corrected chi connectivity index (χ1v) is 10.3. The largest absolute Gasteiger partial charge is 0.339 e. The quantitative estimate of drug-likeness (QED) is 0.521. The number of carbonyl (C=O) groups is 1. The zero-order valence-corrected chi connectivity index (χ0v) is 17.1. The van der Waals surface area contributed by atoms with Crippen molar-refractivity contribution < 1.29 is 9.72 Å². The van der Waals surface area contributed by atoms with Crippen molar-refractivity contribution in [2.75, 3.05) is 26.2 Å². The van der Waals surface area contributed by atoms with Gasteiger partial charge in [0.1, 0.15) is 0 Å². The molecule has 1 aliphatic carbocycles. The van der Waals surface area contributed by atoms with E-state index in [4.69, 9.17) is 0 Å². The van der Waals surface area contributed by atoms with Crippen LogP contribution in [0.15, 0.2) is 53.0 Å². The van der Waals surface area contributed by atoms with Crippen LogP contribution in [0.5, 0.6) is 0 Å². The average molecular weight is 444 g/mol. The summed E-state index contributed by atoms with van der Waals surface area (Å²) in [5.74, 6) is 0.241. The number of nitro groups is 1. The van der Waals surface area contributed by atoms with E-state index in [1.165, 1.54) is 6.07 Å². The minimum absolute atomic E-state index is 0.122. The van der Waals surface area contributed by atoms with E-state index >= 15 is 0 Å². The molecule has 146 valence electrons. The second-order valence-corrected chi connectivity index (χ2v) is 8.50. The maximum Gasteiger partial charge on any atom is 0.269 e. The number of piperazine rings is 1. The molecular weight excluding hydrogens is 422 g/mol. The number of carbonyl (C=O) groups excluding carboxylic acids is 1. The van der Waals surface area contributed by atoms with Crippen LogP contribution in [0, 0.1) is 10.1 Å². The number of rotatable bonds is 5. The van der Waals surface area contributed by atoms with Gasteiger partial charge in [-0.3, -0.25) is 19.8 Å². The van der Waals surface area contributed by atoms with Crippen LogP contribution >= 0.6 is 15.9 Å². The van der Waals surface area contributed by atoms with E-state index in [1.54, 1.807) is 12.1 Å².